The van der Waals surface area contributed by atoms with Crippen LogP contribution >= 0.6 is 23.5 Å². The van der Waals surface area contributed by atoms with Crippen molar-refractivity contribution in [1.29, 1.82) is 0 Å². The van der Waals surface area contributed by atoms with Crippen LogP contribution in [0.4, 0.5) is 0 Å². The molecule has 1 aliphatic heterocycles. The van der Waals surface area contributed by atoms with Crippen molar-refractivity contribution in [2.24, 2.45) is 0 Å². The molecule has 1 aliphatic rings. The maximum atomic E-state index is 9.89. The van der Waals surface area contributed by atoms with E-state index in [-0.39, 0.29) is 12.8 Å². The number of aromatic nitrogens is 4. The molecule has 3 heterocycles. The minimum absolute atomic E-state index is 0.191. The van der Waals surface area contributed by atoms with Gasteiger partial charge in [-0.3, -0.25) is 0 Å². The van der Waals surface area contributed by atoms with Gasteiger partial charge >= 0.3 is 0 Å². The van der Waals surface area contributed by atoms with Crippen molar-refractivity contribution >= 4 is 34.7 Å². The molecule has 0 aromatic carbocycles. The Morgan fingerprint density at radius 2 is 2.29 bits per heavy atom. The third-order valence-electron chi connectivity index (χ3n) is 3.50. The van der Waals surface area contributed by atoms with Crippen LogP contribution in [0.5, 0.6) is 0 Å². The van der Waals surface area contributed by atoms with E-state index in [2.05, 4.69) is 15.0 Å². The molecule has 3 rings (SSSR count). The van der Waals surface area contributed by atoms with Gasteiger partial charge in [-0.05, 0) is 17.5 Å². The number of aliphatic hydroxyl groups is 2. The number of imidazole rings is 1. The average molecular weight is 329 g/mol. The lowest BCUT2D eigenvalue weighted by Gasteiger charge is -2.12. The van der Waals surface area contributed by atoms with E-state index in [1.165, 1.54) is 11.8 Å². The summed E-state index contributed by atoms with van der Waals surface area (Å²) in [6.07, 6.45) is 4.48. The first-order valence-electron chi connectivity index (χ1n) is 6.50. The van der Waals surface area contributed by atoms with Gasteiger partial charge in [0, 0.05) is 6.42 Å². The lowest BCUT2D eigenvalue weighted by Crippen LogP contribution is -2.42. The summed E-state index contributed by atoms with van der Waals surface area (Å²) >= 11 is 3.09. The summed E-state index contributed by atoms with van der Waals surface area (Å²) in [6, 6.07) is 0. The molecule has 1 saturated heterocycles. The molecule has 7 nitrogen and oxygen atoms in total. The SMILES string of the molecule is CSc1nc2nc[n+](C3C[C@H](O)[C@@H](CO)O3)c(SC)c2[nH]1. The summed E-state index contributed by atoms with van der Waals surface area (Å²) in [5, 5.41) is 20.9. The van der Waals surface area contributed by atoms with Crippen LogP contribution in [-0.4, -0.2) is 56.5 Å². The lowest BCUT2D eigenvalue weighted by atomic mass is 10.2. The Balaban J connectivity index is 2.02. The van der Waals surface area contributed by atoms with Crippen LogP contribution < -0.4 is 4.57 Å². The summed E-state index contributed by atoms with van der Waals surface area (Å²) in [5.41, 5.74) is 1.53. The number of hydrogen-bond donors (Lipinski definition) is 3. The Bertz CT molecular complexity index is 651. The van der Waals surface area contributed by atoms with E-state index in [9.17, 15) is 10.2 Å². The van der Waals surface area contributed by atoms with Crippen molar-refractivity contribution in [3.05, 3.63) is 6.33 Å². The predicted molar refractivity (Wildman–Crippen MR) is 79.3 cm³/mol. The highest BCUT2D eigenvalue weighted by molar-refractivity contribution is 7.98. The van der Waals surface area contributed by atoms with Gasteiger partial charge in [0.1, 0.15) is 6.10 Å². The lowest BCUT2D eigenvalue weighted by molar-refractivity contribution is -0.791. The Morgan fingerprint density at radius 1 is 1.48 bits per heavy atom. The van der Waals surface area contributed by atoms with E-state index in [1.54, 1.807) is 18.1 Å². The second-order valence-electron chi connectivity index (χ2n) is 4.72. The van der Waals surface area contributed by atoms with Crippen molar-refractivity contribution in [3.8, 4) is 0 Å². The van der Waals surface area contributed by atoms with Crippen LogP contribution in [0.3, 0.4) is 0 Å². The Hall–Kier alpha value is -0.870. The Morgan fingerprint density at radius 3 is 2.90 bits per heavy atom. The zero-order chi connectivity index (χ0) is 15.0. The number of nitrogens with one attached hydrogen (secondary N) is 1. The molecule has 0 amide bonds. The van der Waals surface area contributed by atoms with Crippen LogP contribution in [0.25, 0.3) is 11.2 Å². The summed E-state index contributed by atoms with van der Waals surface area (Å²) in [7, 11) is 0. The average Bonchev–Trinajstić information content (AvgIpc) is 3.08. The van der Waals surface area contributed by atoms with E-state index in [0.717, 1.165) is 15.7 Å². The number of rotatable bonds is 4. The third-order valence-corrected chi connectivity index (χ3v) is 4.88. The number of ether oxygens (including phenoxy) is 1. The van der Waals surface area contributed by atoms with Crippen molar-refractivity contribution in [1.82, 2.24) is 15.0 Å². The molecule has 2 aromatic heterocycles. The monoisotopic (exact) mass is 329 g/mol. The molecule has 0 bridgehead atoms. The second kappa shape index (κ2) is 6.09. The maximum absolute atomic E-state index is 9.89. The number of thioether (sulfide) groups is 2. The van der Waals surface area contributed by atoms with Crippen LogP contribution in [0, 0.1) is 0 Å². The molecule has 21 heavy (non-hydrogen) atoms. The third kappa shape index (κ3) is 2.64. The maximum Gasteiger partial charge on any atom is 0.297 e. The molecule has 1 unspecified atom stereocenters. The molecule has 0 aliphatic carbocycles. The molecular formula is C12H17N4O3S2+. The van der Waals surface area contributed by atoms with E-state index >= 15 is 0 Å². The normalized spacial score (nSPS) is 25.8. The minimum Gasteiger partial charge on any atom is -0.394 e. The summed E-state index contributed by atoms with van der Waals surface area (Å²) in [5.74, 6) is 0. The largest absolute Gasteiger partial charge is 0.394 e. The van der Waals surface area contributed by atoms with E-state index < -0.39 is 12.2 Å². The number of hydrogen-bond acceptors (Lipinski definition) is 7. The molecule has 1 fully saturated rings. The van der Waals surface area contributed by atoms with Crippen LogP contribution in [0.15, 0.2) is 16.5 Å². The molecule has 0 saturated carbocycles. The first-order valence-corrected chi connectivity index (χ1v) is 8.95. The van der Waals surface area contributed by atoms with Gasteiger partial charge in [0.15, 0.2) is 15.7 Å². The van der Waals surface area contributed by atoms with E-state index in [0.29, 0.717) is 12.1 Å². The summed E-state index contributed by atoms with van der Waals surface area (Å²) in [4.78, 5) is 12.0. The van der Waals surface area contributed by atoms with Crippen molar-refractivity contribution in [3.63, 3.8) is 0 Å². The second-order valence-corrected chi connectivity index (χ2v) is 6.31. The first kappa shape index (κ1) is 15.0. The summed E-state index contributed by atoms with van der Waals surface area (Å²) in [6.45, 7) is -0.191. The van der Waals surface area contributed by atoms with E-state index in [1.807, 2.05) is 17.1 Å². The highest BCUT2D eigenvalue weighted by Crippen LogP contribution is 2.28. The van der Waals surface area contributed by atoms with Gasteiger partial charge in [0.2, 0.25) is 6.23 Å². The molecule has 114 valence electrons. The number of H-pyrrole nitrogens is 1. The van der Waals surface area contributed by atoms with Gasteiger partial charge in [0.05, 0.1) is 12.7 Å². The predicted octanol–water partition coefficient (Wildman–Crippen LogP) is 0.330. The molecule has 3 N–H and O–H groups in total. The van der Waals surface area contributed by atoms with Crippen LogP contribution in [-0.2, 0) is 4.74 Å². The number of nitrogens with zero attached hydrogens (tertiary/aromatic N) is 3. The van der Waals surface area contributed by atoms with Crippen molar-refractivity contribution in [2.45, 2.75) is 35.0 Å². The molecule has 0 spiro atoms. The standard InChI is InChI=1S/C12H16N4O3S2/c1-20-11-9-10(15-12(14-9)21-2)13-5-16(11)8-3-6(18)7(4-17)19-8/h5-8,17-18H,3-4H2,1-2H3/p+1/t6-,7+,8?/m0/s1. The van der Waals surface area contributed by atoms with Gasteiger partial charge in [0.25, 0.3) is 12.0 Å². The molecule has 9 heteroatoms. The number of fused-ring (bicyclic) bond motifs is 1. The zero-order valence-corrected chi connectivity index (χ0v) is 13.3. The Labute approximate surface area is 130 Å². The van der Waals surface area contributed by atoms with Crippen molar-refractivity contribution < 1.29 is 19.5 Å². The zero-order valence-electron chi connectivity index (χ0n) is 11.7. The Kier molecular flexibility index (Phi) is 4.36. The van der Waals surface area contributed by atoms with Gasteiger partial charge in [-0.15, -0.1) is 0 Å². The summed E-state index contributed by atoms with van der Waals surface area (Å²) < 4.78 is 7.59. The molecule has 0 radical (unpaired) electrons. The van der Waals surface area contributed by atoms with E-state index in [4.69, 9.17) is 4.74 Å². The topological polar surface area (TPSA) is 95.1 Å². The van der Waals surface area contributed by atoms with Gasteiger partial charge < -0.3 is 19.9 Å². The van der Waals surface area contributed by atoms with Crippen LogP contribution in [0.2, 0.25) is 0 Å². The molecule has 2 aromatic rings. The van der Waals surface area contributed by atoms with Crippen LogP contribution in [0.1, 0.15) is 12.6 Å². The van der Waals surface area contributed by atoms with Crippen molar-refractivity contribution in [2.75, 3.05) is 19.1 Å². The molecular weight excluding hydrogens is 312 g/mol. The molecule has 3 atom stereocenters. The fraction of sp³-hybridized carbons (Fsp3) is 0.583. The smallest absolute Gasteiger partial charge is 0.297 e. The van der Waals surface area contributed by atoms with Gasteiger partial charge in [-0.25, -0.2) is 0 Å². The quantitative estimate of drug-likeness (QED) is 0.423. The first-order chi connectivity index (χ1) is 10.2. The number of aromatic amines is 1. The fourth-order valence-corrected chi connectivity index (χ4v) is 3.55. The number of aliphatic hydroxyl groups excluding tert-OH is 2. The minimum atomic E-state index is -0.665. The fourth-order valence-electron chi connectivity index (χ4n) is 2.44. The van der Waals surface area contributed by atoms with Gasteiger partial charge in [-0.1, -0.05) is 23.5 Å². The highest BCUT2D eigenvalue weighted by atomic mass is 32.2. The highest BCUT2D eigenvalue weighted by Gasteiger charge is 2.38. The van der Waals surface area contributed by atoms with Gasteiger partial charge in [-0.2, -0.15) is 9.55 Å².